The lowest BCUT2D eigenvalue weighted by Crippen LogP contribution is -2.28. The van der Waals surface area contributed by atoms with Gasteiger partial charge in [-0.3, -0.25) is 9.55 Å². The van der Waals surface area contributed by atoms with Crippen molar-refractivity contribution in [2.75, 3.05) is 12.3 Å². The van der Waals surface area contributed by atoms with Gasteiger partial charge >= 0.3 is 0 Å². The number of fused-ring (bicyclic) bond motifs is 2. The lowest BCUT2D eigenvalue weighted by Gasteiger charge is -2.29. The zero-order valence-electron chi connectivity index (χ0n) is 22.5. The average Bonchev–Trinajstić information content (AvgIpc) is 3.59. The van der Waals surface area contributed by atoms with Crippen LogP contribution in [-0.4, -0.2) is 31.9 Å². The summed E-state index contributed by atoms with van der Waals surface area (Å²) in [5.74, 6) is -2.09. The van der Waals surface area contributed by atoms with Gasteiger partial charge in [-0.25, -0.2) is 13.5 Å². The van der Waals surface area contributed by atoms with Gasteiger partial charge in [0.1, 0.15) is 17.5 Å². The number of benzene rings is 1. The topological polar surface area (TPSA) is 94.7 Å². The highest BCUT2D eigenvalue weighted by molar-refractivity contribution is 6.02. The predicted octanol–water partition coefficient (Wildman–Crippen LogP) is 7.16. The van der Waals surface area contributed by atoms with Crippen molar-refractivity contribution < 1.29 is 13.5 Å². The number of ether oxygens (including phenoxy) is 1. The number of allylic oxidation sites excluding steroid dienone is 1. The lowest BCUT2D eigenvalue weighted by molar-refractivity contribution is -0.0357. The maximum absolute atomic E-state index is 13.8. The molecule has 0 spiro atoms. The Hall–Kier alpha value is -3.77. The molecule has 0 aliphatic heterocycles. The van der Waals surface area contributed by atoms with Crippen LogP contribution >= 0.6 is 0 Å². The first-order valence-corrected chi connectivity index (χ1v) is 13.7. The molecule has 0 amide bonds. The minimum absolute atomic E-state index is 0.210. The van der Waals surface area contributed by atoms with Crippen molar-refractivity contribution in [3.05, 3.63) is 52.5 Å². The molecule has 2 N–H and O–H groups in total. The molecule has 1 unspecified atom stereocenters. The monoisotopic (exact) mass is 530 g/mol. The highest BCUT2D eigenvalue weighted by atomic mass is 19.3. The Bertz CT molecular complexity index is 1660. The molecule has 9 heteroatoms. The first-order chi connectivity index (χ1) is 18.8. The minimum Gasteiger partial charge on any atom is -0.384 e. The van der Waals surface area contributed by atoms with Crippen LogP contribution < -0.4 is 5.73 Å². The summed E-state index contributed by atoms with van der Waals surface area (Å²) in [5, 5.41) is 16.3. The van der Waals surface area contributed by atoms with Crippen molar-refractivity contribution in [3.8, 4) is 11.8 Å². The fourth-order valence-electron chi connectivity index (χ4n) is 5.78. The molecular formula is C30H32F2N6O. The van der Waals surface area contributed by atoms with Crippen LogP contribution in [0.3, 0.4) is 0 Å². The van der Waals surface area contributed by atoms with Gasteiger partial charge in [0.25, 0.3) is 5.92 Å². The van der Waals surface area contributed by atoms with Crippen LogP contribution in [0, 0.1) is 18.3 Å². The molecule has 39 heavy (non-hydrogen) atoms. The number of alkyl halides is 2. The molecule has 2 fully saturated rings. The Labute approximate surface area is 225 Å². The molecule has 0 bridgehead atoms. The van der Waals surface area contributed by atoms with Crippen molar-refractivity contribution in [2.45, 2.75) is 77.4 Å². The number of aromatic nitrogens is 4. The van der Waals surface area contributed by atoms with Gasteiger partial charge in [-0.15, -0.1) is 0 Å². The number of hydrogen-bond donors (Lipinski definition) is 1. The summed E-state index contributed by atoms with van der Waals surface area (Å²) in [5.41, 5.74) is 12.8. The number of halogens is 2. The Balaban J connectivity index is 1.64. The van der Waals surface area contributed by atoms with E-state index in [-0.39, 0.29) is 25.0 Å². The second kappa shape index (κ2) is 9.45. The van der Waals surface area contributed by atoms with E-state index in [1.54, 1.807) is 6.20 Å². The molecule has 4 aromatic rings. The van der Waals surface area contributed by atoms with Gasteiger partial charge in [0, 0.05) is 47.9 Å². The third-order valence-electron chi connectivity index (χ3n) is 7.82. The molecule has 2 saturated carbocycles. The van der Waals surface area contributed by atoms with Crippen molar-refractivity contribution in [2.24, 2.45) is 0 Å². The third kappa shape index (κ3) is 4.18. The van der Waals surface area contributed by atoms with Gasteiger partial charge in [-0.2, -0.15) is 10.4 Å². The maximum Gasteiger partial charge on any atom is 0.255 e. The van der Waals surface area contributed by atoms with Gasteiger partial charge in [-0.05, 0) is 44.2 Å². The summed E-state index contributed by atoms with van der Waals surface area (Å²) in [6.07, 6.45) is 8.35. The first-order valence-electron chi connectivity index (χ1n) is 13.7. The maximum atomic E-state index is 13.8. The summed E-state index contributed by atoms with van der Waals surface area (Å²) >= 11 is 0. The smallest absolute Gasteiger partial charge is 0.255 e. The summed E-state index contributed by atoms with van der Waals surface area (Å²) < 4.78 is 37.5. The number of hydrogen-bond acceptors (Lipinski definition) is 5. The van der Waals surface area contributed by atoms with Crippen molar-refractivity contribution in [1.82, 2.24) is 19.3 Å². The second-order valence-corrected chi connectivity index (χ2v) is 10.8. The van der Waals surface area contributed by atoms with Gasteiger partial charge < -0.3 is 10.5 Å². The fraction of sp³-hybridized carbons (Fsp3) is 0.433. The largest absolute Gasteiger partial charge is 0.384 e. The van der Waals surface area contributed by atoms with E-state index in [0.29, 0.717) is 28.9 Å². The molecule has 1 aromatic carbocycles. The molecule has 7 nitrogen and oxygen atoms in total. The molecular weight excluding hydrogens is 498 g/mol. The number of anilines is 1. The molecule has 2 aliphatic carbocycles. The van der Waals surface area contributed by atoms with Crippen LogP contribution in [0.4, 0.5) is 14.6 Å². The highest BCUT2D eigenvalue weighted by Crippen LogP contribution is 2.48. The summed E-state index contributed by atoms with van der Waals surface area (Å²) in [4.78, 5) is 4.74. The van der Waals surface area contributed by atoms with Gasteiger partial charge in [0.05, 0.1) is 28.6 Å². The van der Waals surface area contributed by atoms with Crippen LogP contribution in [0.5, 0.6) is 0 Å². The molecule has 1 atom stereocenters. The van der Waals surface area contributed by atoms with E-state index in [4.69, 9.17) is 20.6 Å². The zero-order valence-corrected chi connectivity index (χ0v) is 22.5. The number of pyridine rings is 1. The van der Waals surface area contributed by atoms with Gasteiger partial charge in [-0.1, -0.05) is 31.6 Å². The Morgan fingerprint density at radius 3 is 2.64 bits per heavy atom. The number of nitrogens with two attached hydrogens (primary N) is 1. The van der Waals surface area contributed by atoms with Crippen LogP contribution in [0.2, 0.25) is 0 Å². The van der Waals surface area contributed by atoms with Crippen molar-refractivity contribution in [1.29, 1.82) is 5.26 Å². The normalized spacial score (nSPS) is 17.4. The predicted molar refractivity (Wildman–Crippen MR) is 148 cm³/mol. The Morgan fingerprint density at radius 1 is 1.23 bits per heavy atom. The number of aryl methyl sites for hydroxylation is 1. The fourth-order valence-corrected chi connectivity index (χ4v) is 5.78. The summed E-state index contributed by atoms with van der Waals surface area (Å²) in [7, 11) is 0. The SMILES string of the molecule is CCCOC(CC)n1ncc2c(-n3c(N)c(C#N)c4cnc(C5CC5)c(C=C5CC(F)(F)C5)c43)c(C)ccc21. The van der Waals surface area contributed by atoms with Crippen molar-refractivity contribution in [3.63, 3.8) is 0 Å². The zero-order chi connectivity index (χ0) is 27.5. The van der Waals surface area contributed by atoms with Crippen LogP contribution in [-0.2, 0) is 4.74 Å². The molecule has 3 heterocycles. The molecule has 0 saturated heterocycles. The standard InChI is InChI=1S/C30H32F2N6O/c1-4-10-39-25(5-2)38-24-9-6-17(3)27(23(24)16-36-38)37-28-20(11-18-12-30(31,32)13-18)26(19-7-8-19)35-15-22(28)21(14-33)29(37)34/h6,9,11,15-16,19,25H,4-5,7-8,10,12-13,34H2,1-3H3. The molecule has 3 aromatic heterocycles. The Morgan fingerprint density at radius 2 is 2.00 bits per heavy atom. The highest BCUT2D eigenvalue weighted by Gasteiger charge is 2.41. The second-order valence-electron chi connectivity index (χ2n) is 10.8. The lowest BCUT2D eigenvalue weighted by atomic mass is 9.85. The molecule has 202 valence electrons. The quantitative estimate of drug-likeness (QED) is 0.261. The third-order valence-corrected chi connectivity index (χ3v) is 7.82. The number of rotatable bonds is 8. The van der Waals surface area contributed by atoms with E-state index in [0.717, 1.165) is 64.6 Å². The van der Waals surface area contributed by atoms with E-state index >= 15 is 0 Å². The average molecular weight is 531 g/mol. The minimum atomic E-state index is -2.67. The van der Waals surface area contributed by atoms with E-state index in [1.165, 1.54) is 0 Å². The number of nitriles is 1. The van der Waals surface area contributed by atoms with Crippen LogP contribution in [0.1, 0.15) is 86.9 Å². The van der Waals surface area contributed by atoms with E-state index in [9.17, 15) is 14.0 Å². The van der Waals surface area contributed by atoms with Crippen LogP contribution in [0.25, 0.3) is 33.6 Å². The van der Waals surface area contributed by atoms with E-state index in [2.05, 4.69) is 19.9 Å². The van der Waals surface area contributed by atoms with Crippen molar-refractivity contribution >= 4 is 33.7 Å². The number of nitrogen functional groups attached to an aromatic ring is 1. The molecule has 2 aliphatic rings. The van der Waals surface area contributed by atoms with Gasteiger partial charge in [0.2, 0.25) is 0 Å². The Kier molecular flexibility index (Phi) is 6.18. The molecule has 6 rings (SSSR count). The van der Waals surface area contributed by atoms with E-state index < -0.39 is 5.92 Å². The molecule has 0 radical (unpaired) electrons. The summed E-state index contributed by atoms with van der Waals surface area (Å²) in [6.45, 7) is 6.77. The van der Waals surface area contributed by atoms with Crippen LogP contribution in [0.15, 0.2) is 30.1 Å². The first kappa shape index (κ1) is 25.5. The van der Waals surface area contributed by atoms with E-state index in [1.807, 2.05) is 40.6 Å². The number of nitrogens with zero attached hydrogens (tertiary/aromatic N) is 5. The van der Waals surface area contributed by atoms with Gasteiger partial charge in [0.15, 0.2) is 6.23 Å². The summed E-state index contributed by atoms with van der Waals surface area (Å²) in [6, 6.07) is 6.32.